The van der Waals surface area contributed by atoms with Gasteiger partial charge in [-0.05, 0) is 18.2 Å². The zero-order valence-corrected chi connectivity index (χ0v) is 13.6. The minimum atomic E-state index is -0.203. The maximum Gasteiger partial charge on any atom is 0.272 e. The number of aromatic hydroxyl groups is 1. The predicted octanol–water partition coefficient (Wildman–Crippen LogP) is 3.96. The van der Waals surface area contributed by atoms with Crippen molar-refractivity contribution in [2.75, 3.05) is 5.32 Å². The average molecular weight is 328 g/mol. The molecule has 122 valence electrons. The number of aromatic nitrogens is 2. The Bertz CT molecular complexity index is 988. The van der Waals surface area contributed by atoms with Gasteiger partial charge in [0.15, 0.2) is 0 Å². The van der Waals surface area contributed by atoms with Crippen molar-refractivity contribution in [2.24, 2.45) is 0 Å². The van der Waals surface area contributed by atoms with E-state index in [-0.39, 0.29) is 11.8 Å². The highest BCUT2D eigenvalue weighted by atomic mass is 16.3. The Morgan fingerprint density at radius 2 is 1.72 bits per heavy atom. The van der Waals surface area contributed by atoms with E-state index >= 15 is 0 Å². The molecule has 0 unspecified atom stereocenters. The van der Waals surface area contributed by atoms with Crippen LogP contribution in [0.1, 0.15) is 17.2 Å². The molecule has 0 fully saturated rings. The van der Waals surface area contributed by atoms with Crippen molar-refractivity contribution in [2.45, 2.75) is 6.04 Å². The van der Waals surface area contributed by atoms with Crippen LogP contribution in [-0.2, 0) is 0 Å². The summed E-state index contributed by atoms with van der Waals surface area (Å²) in [4.78, 5) is 7.53. The summed E-state index contributed by atoms with van der Waals surface area (Å²) in [6, 6.07) is 23.5. The molecule has 2 heterocycles. The fraction of sp³-hybridized carbons (Fsp3) is 0.0476. The van der Waals surface area contributed by atoms with Crippen molar-refractivity contribution < 1.29 is 10.1 Å². The lowest BCUT2D eigenvalue weighted by Crippen LogP contribution is -2.18. The lowest BCUT2D eigenvalue weighted by atomic mass is 9.96. The molecule has 2 aromatic heterocycles. The van der Waals surface area contributed by atoms with Gasteiger partial charge in [-0.3, -0.25) is 10.3 Å². The van der Waals surface area contributed by atoms with Gasteiger partial charge in [-0.25, -0.2) is 4.98 Å². The molecule has 0 spiro atoms. The van der Waals surface area contributed by atoms with Gasteiger partial charge in [0.05, 0.1) is 6.20 Å². The summed E-state index contributed by atoms with van der Waals surface area (Å²) in [6.45, 7) is 0. The lowest BCUT2D eigenvalue weighted by molar-refractivity contribution is -0.361. The molecule has 0 radical (unpaired) electrons. The van der Waals surface area contributed by atoms with Crippen molar-refractivity contribution in [1.82, 2.24) is 4.98 Å². The minimum Gasteiger partial charge on any atom is -0.505 e. The normalized spacial score (nSPS) is 12.0. The molecular weight excluding hydrogens is 310 g/mol. The first-order valence-corrected chi connectivity index (χ1v) is 8.18. The zero-order valence-electron chi connectivity index (χ0n) is 13.6. The van der Waals surface area contributed by atoms with E-state index in [0.29, 0.717) is 5.52 Å². The Kier molecular flexibility index (Phi) is 4.01. The Morgan fingerprint density at radius 3 is 2.52 bits per heavy atom. The largest absolute Gasteiger partial charge is 0.505 e. The quantitative estimate of drug-likeness (QED) is 0.596. The number of phenols is 1. The van der Waals surface area contributed by atoms with E-state index in [0.717, 1.165) is 22.3 Å². The van der Waals surface area contributed by atoms with Gasteiger partial charge in [0, 0.05) is 28.8 Å². The molecule has 0 amide bonds. The van der Waals surface area contributed by atoms with Gasteiger partial charge < -0.3 is 5.11 Å². The number of H-pyrrole nitrogens is 1. The number of benzene rings is 2. The van der Waals surface area contributed by atoms with E-state index in [1.165, 1.54) is 0 Å². The van der Waals surface area contributed by atoms with Crippen LogP contribution in [0.25, 0.3) is 10.9 Å². The predicted molar refractivity (Wildman–Crippen MR) is 98.3 cm³/mol. The maximum atomic E-state index is 10.8. The number of hydrogen-bond donors (Lipinski definition) is 2. The summed E-state index contributed by atoms with van der Waals surface area (Å²) in [5.41, 5.74) is 2.46. The Morgan fingerprint density at radius 1 is 0.880 bits per heavy atom. The molecule has 0 aliphatic heterocycles. The van der Waals surface area contributed by atoms with Crippen LogP contribution >= 0.6 is 0 Å². The number of rotatable bonds is 4. The van der Waals surface area contributed by atoms with E-state index < -0.39 is 0 Å². The standard InChI is InChI=1S/C21H17N3O/c25-21-17(12-11-16-9-6-14-23-20(16)21)19(15-7-2-1-3-8-15)24-18-10-4-5-13-22-18/h1-14,19,25H,(H,22,24)/p+1/t19-/m1/s1. The number of fused-ring (bicyclic) bond motifs is 1. The van der Waals surface area contributed by atoms with Crippen molar-refractivity contribution in [1.29, 1.82) is 0 Å². The molecule has 4 aromatic rings. The Balaban J connectivity index is 1.85. The Hall–Kier alpha value is -3.40. The van der Waals surface area contributed by atoms with E-state index in [9.17, 15) is 5.11 Å². The number of phenolic OH excluding ortho intramolecular Hbond substituents is 1. The van der Waals surface area contributed by atoms with Crippen LogP contribution in [0.3, 0.4) is 0 Å². The van der Waals surface area contributed by atoms with E-state index in [2.05, 4.69) is 15.3 Å². The number of nitrogens with zero attached hydrogens (tertiary/aromatic N) is 1. The third-order valence-electron chi connectivity index (χ3n) is 4.23. The molecular formula is C21H18N3O+. The summed E-state index contributed by atoms with van der Waals surface area (Å²) in [7, 11) is 0. The number of nitrogens with one attached hydrogen (secondary N) is 2. The molecule has 4 rings (SSSR count). The number of pyridine rings is 2. The summed E-state index contributed by atoms with van der Waals surface area (Å²) >= 11 is 0. The molecule has 1 atom stereocenters. The van der Waals surface area contributed by atoms with Gasteiger partial charge in [0.1, 0.15) is 17.3 Å². The monoisotopic (exact) mass is 328 g/mol. The molecule has 0 saturated heterocycles. The maximum absolute atomic E-state index is 10.8. The Labute approximate surface area is 145 Å². The lowest BCUT2D eigenvalue weighted by Gasteiger charge is -2.17. The second-order valence-corrected chi connectivity index (χ2v) is 5.84. The van der Waals surface area contributed by atoms with E-state index in [1.54, 1.807) is 6.20 Å². The third-order valence-corrected chi connectivity index (χ3v) is 4.23. The highest BCUT2D eigenvalue weighted by Gasteiger charge is 2.23. The van der Waals surface area contributed by atoms with Crippen LogP contribution in [0, 0.1) is 0 Å². The number of hydrogen-bond acceptors (Lipinski definition) is 3. The summed E-state index contributed by atoms with van der Waals surface area (Å²) in [6.07, 6.45) is 3.56. The molecule has 0 saturated carbocycles. The van der Waals surface area contributed by atoms with Gasteiger partial charge in [-0.2, -0.15) is 0 Å². The average Bonchev–Trinajstić information content (AvgIpc) is 2.69. The fourth-order valence-electron chi connectivity index (χ4n) is 3.00. The first-order valence-electron chi connectivity index (χ1n) is 8.18. The van der Waals surface area contributed by atoms with Crippen LogP contribution in [0.4, 0.5) is 5.82 Å². The first-order chi connectivity index (χ1) is 12.3. The van der Waals surface area contributed by atoms with Crippen LogP contribution in [-0.4, -0.2) is 10.1 Å². The second-order valence-electron chi connectivity index (χ2n) is 5.84. The van der Waals surface area contributed by atoms with Crippen molar-refractivity contribution in [3.8, 4) is 5.75 Å². The van der Waals surface area contributed by atoms with Crippen LogP contribution < -0.4 is 10.3 Å². The van der Waals surface area contributed by atoms with Crippen LogP contribution in [0.2, 0.25) is 0 Å². The van der Waals surface area contributed by atoms with Gasteiger partial charge in [-0.1, -0.05) is 48.5 Å². The molecule has 4 heteroatoms. The third kappa shape index (κ3) is 3.02. The molecule has 3 N–H and O–H groups in total. The van der Waals surface area contributed by atoms with Gasteiger partial charge in [0.25, 0.3) is 5.82 Å². The first kappa shape index (κ1) is 15.1. The fourth-order valence-corrected chi connectivity index (χ4v) is 3.00. The highest BCUT2D eigenvalue weighted by Crippen LogP contribution is 2.35. The van der Waals surface area contributed by atoms with Crippen LogP contribution in [0.5, 0.6) is 5.75 Å². The summed E-state index contributed by atoms with van der Waals surface area (Å²) in [5.74, 6) is 1.08. The van der Waals surface area contributed by atoms with Crippen molar-refractivity contribution in [3.63, 3.8) is 0 Å². The van der Waals surface area contributed by atoms with Gasteiger partial charge in [-0.15, -0.1) is 0 Å². The summed E-state index contributed by atoms with van der Waals surface area (Å²) < 4.78 is 0. The van der Waals surface area contributed by atoms with Crippen LogP contribution in [0.15, 0.2) is 85.2 Å². The molecule has 0 bridgehead atoms. The van der Waals surface area contributed by atoms with Crippen molar-refractivity contribution >= 4 is 16.7 Å². The SMILES string of the molecule is Oc1c([C@H](Nc2cccc[nH+]2)c2ccccc2)ccc2cccnc12. The van der Waals surface area contributed by atoms with Crippen molar-refractivity contribution in [3.05, 3.63) is 96.3 Å². The molecule has 0 aliphatic carbocycles. The smallest absolute Gasteiger partial charge is 0.272 e. The molecule has 4 nitrogen and oxygen atoms in total. The number of anilines is 1. The summed E-state index contributed by atoms with van der Waals surface area (Å²) in [5, 5.41) is 15.2. The molecule has 25 heavy (non-hydrogen) atoms. The minimum absolute atomic E-state index is 0.203. The zero-order chi connectivity index (χ0) is 17.1. The van der Waals surface area contributed by atoms with Gasteiger partial charge in [0.2, 0.25) is 0 Å². The molecule has 2 aromatic carbocycles. The number of aromatic amines is 1. The van der Waals surface area contributed by atoms with E-state index in [1.807, 2.05) is 79.0 Å². The van der Waals surface area contributed by atoms with E-state index in [4.69, 9.17) is 0 Å². The van der Waals surface area contributed by atoms with Gasteiger partial charge >= 0.3 is 0 Å². The molecule has 0 aliphatic rings. The highest BCUT2D eigenvalue weighted by molar-refractivity contribution is 5.85. The second kappa shape index (κ2) is 6.61. The topological polar surface area (TPSA) is 59.3 Å².